The predicted molar refractivity (Wildman–Crippen MR) is 412 cm³/mol. The molecule has 37 heteroatoms. The number of nitrogens with one attached hydrogen (secondary N) is 5. The average Bonchev–Trinajstić information content (AvgIpc) is 1.15. The lowest BCUT2D eigenvalue weighted by Crippen LogP contribution is -2.64. The number of Topliss-reactive ketones (excluding diaryl/α,β-unsaturated/α-hetero) is 5. The number of carbonyl (C=O) groups is 11. The Balaban J connectivity index is 1.32. The quantitative estimate of drug-likeness (QED) is 0.0321. The summed E-state index contributed by atoms with van der Waals surface area (Å²) >= 11 is 0. The van der Waals surface area contributed by atoms with E-state index in [1.807, 2.05) is 20.8 Å². The molecule has 0 aliphatic carbocycles. The summed E-state index contributed by atoms with van der Waals surface area (Å²) in [5.41, 5.74) is -1.81. The molecular formula is C79H136N6O31. The van der Waals surface area contributed by atoms with Gasteiger partial charge in [0.05, 0.1) is 83.8 Å². The van der Waals surface area contributed by atoms with Crippen LogP contribution in [0.25, 0.3) is 0 Å². The highest BCUT2D eigenvalue weighted by Gasteiger charge is 2.48. The molecule has 116 heavy (non-hydrogen) atoms. The molecule has 4 fully saturated rings. The number of ketones is 5. The van der Waals surface area contributed by atoms with Crippen LogP contribution >= 0.6 is 0 Å². The zero-order chi connectivity index (χ0) is 85.8. The molecule has 4 aliphatic rings. The molecule has 4 heterocycles. The summed E-state index contributed by atoms with van der Waals surface area (Å²) in [6.45, 7) is 7.67. The lowest BCUT2D eigenvalue weighted by atomic mass is 9.84. The van der Waals surface area contributed by atoms with E-state index in [4.69, 9.17) is 47.4 Å². The van der Waals surface area contributed by atoms with Crippen LogP contribution in [0.3, 0.4) is 0 Å². The minimum absolute atomic E-state index is 0.00364. The third-order valence-corrected chi connectivity index (χ3v) is 20.3. The van der Waals surface area contributed by atoms with E-state index < -0.39 is 153 Å². The number of nitrogens with zero attached hydrogens (tertiary/aromatic N) is 1. The largest absolute Gasteiger partial charge is 0.394 e. The van der Waals surface area contributed by atoms with Crippen LogP contribution in [0.15, 0.2) is 0 Å². The molecule has 0 aromatic heterocycles. The van der Waals surface area contributed by atoms with Crippen LogP contribution in [-0.2, 0) is 100 Å². The predicted octanol–water partition coefficient (Wildman–Crippen LogP) is -1.10. The van der Waals surface area contributed by atoms with Crippen molar-refractivity contribution >= 4 is 64.4 Å². The maximum absolute atomic E-state index is 14.3. The van der Waals surface area contributed by atoms with Crippen LogP contribution in [0, 0.1) is 5.41 Å². The van der Waals surface area contributed by atoms with Gasteiger partial charge in [-0.15, -0.1) is 0 Å². The van der Waals surface area contributed by atoms with Crippen LogP contribution in [0.2, 0.25) is 0 Å². The molecule has 0 radical (unpaired) electrons. The average molecular weight is 1670 g/mol. The van der Waals surface area contributed by atoms with Crippen molar-refractivity contribution in [2.24, 2.45) is 5.41 Å². The summed E-state index contributed by atoms with van der Waals surface area (Å²) in [5, 5.41) is 115. The number of hydrogen-bond donors (Lipinski definition) is 15. The van der Waals surface area contributed by atoms with Gasteiger partial charge < -0.3 is 130 Å². The number of hydrogen-bond acceptors (Lipinski definition) is 31. The van der Waals surface area contributed by atoms with E-state index in [0.717, 1.165) is 0 Å². The smallest absolute Gasteiger partial charge is 0.223 e. The van der Waals surface area contributed by atoms with Crippen LogP contribution in [0.1, 0.15) is 215 Å². The van der Waals surface area contributed by atoms with E-state index in [9.17, 15) is 104 Å². The summed E-state index contributed by atoms with van der Waals surface area (Å²) in [5.74, 6) is -3.02. The number of ether oxygens (including phenoxy) is 10. The summed E-state index contributed by atoms with van der Waals surface area (Å²) in [7, 11) is 0. The van der Waals surface area contributed by atoms with Crippen molar-refractivity contribution in [1.29, 1.82) is 0 Å². The Labute approximate surface area is 680 Å². The normalized spacial score (nSPS) is 26.0. The molecule has 15 N–H and O–H groups in total. The number of unbranched alkanes of at least 4 members (excludes halogenated alkanes) is 7. The molecule has 6 unspecified atom stereocenters. The topological polar surface area (TPSA) is 546 Å². The standard InChI is InChI=1S/C79H136N6O31/c1-50(89)82-66-72(104)69(101)60(43-86)114-75(66)110-34-17-12-24-54(92)20-8-7-9-21-57(95)29-37-107-47-79(41-58(96)27-28-65(100)85-42-59(97)40-53(85)46-113-78(4,5)6,48-108-38-30-63(98)80-32-15-10-22-55(93)25-13-18-35-111-76-67(83-51(2)90)73(105)70(102)61(44-87)115-76)49-109-39-31-64(99)81-33-16-11-23-56(94)26-14-19-36-112-77-68(84-52(3)91)74(106)71(103)62(45-88)116-77/h53,59-62,66-77,86-88,97,101-106H,7-49H2,1-6H3,(H,80,98)(H,81,99)(H,82,89)(H,83,90)(H,84,91)/t53-,59+,60?,61?,62?,66?,67?,68?,69-,70-,71-,72+,73+,74+,75+,76+,77+,79?/m0/s1. The van der Waals surface area contributed by atoms with Crippen molar-refractivity contribution in [3.8, 4) is 0 Å². The fourth-order valence-electron chi connectivity index (χ4n) is 13.8. The number of β-amino-alcohol motifs (C(OH)–C–C–N with tert-alkyl or cyclic N) is 1. The van der Waals surface area contributed by atoms with Crippen LogP contribution in [-0.4, -0.2) is 336 Å². The summed E-state index contributed by atoms with van der Waals surface area (Å²) in [6.07, 6.45) is -8.93. The van der Waals surface area contributed by atoms with E-state index in [-0.39, 0.29) is 216 Å². The first-order valence-corrected chi connectivity index (χ1v) is 41.2. The van der Waals surface area contributed by atoms with Gasteiger partial charge in [-0.25, -0.2) is 0 Å². The first kappa shape index (κ1) is 103. The number of aliphatic hydroxyl groups excluding tert-OH is 10. The molecule has 6 amide bonds. The van der Waals surface area contributed by atoms with Crippen molar-refractivity contribution in [2.75, 3.05) is 106 Å². The molecule has 4 saturated heterocycles. The minimum Gasteiger partial charge on any atom is -0.394 e. The lowest BCUT2D eigenvalue weighted by Gasteiger charge is -2.42. The second kappa shape index (κ2) is 56.1. The Morgan fingerprint density at radius 3 is 1.08 bits per heavy atom. The molecular weight excluding hydrogens is 1530 g/mol. The van der Waals surface area contributed by atoms with Crippen molar-refractivity contribution in [3.63, 3.8) is 0 Å². The summed E-state index contributed by atoms with van der Waals surface area (Å²) in [4.78, 5) is 143. The fraction of sp³-hybridized carbons (Fsp3) is 0.861. The van der Waals surface area contributed by atoms with Gasteiger partial charge >= 0.3 is 0 Å². The van der Waals surface area contributed by atoms with Gasteiger partial charge in [0.25, 0.3) is 0 Å². The van der Waals surface area contributed by atoms with Gasteiger partial charge in [0.15, 0.2) is 18.9 Å². The van der Waals surface area contributed by atoms with E-state index >= 15 is 0 Å². The molecule has 17 atom stereocenters. The molecule has 37 nitrogen and oxygen atoms in total. The Kier molecular flexibility index (Phi) is 49.6. The van der Waals surface area contributed by atoms with Crippen molar-refractivity contribution in [3.05, 3.63) is 0 Å². The second-order valence-electron chi connectivity index (χ2n) is 31.7. The first-order chi connectivity index (χ1) is 55.2. The molecule has 0 saturated carbocycles. The number of carbonyl (C=O) groups excluding carboxylic acids is 11. The minimum atomic E-state index is -1.46. The van der Waals surface area contributed by atoms with Gasteiger partial charge in [-0.2, -0.15) is 0 Å². The van der Waals surface area contributed by atoms with E-state index in [2.05, 4.69) is 26.6 Å². The summed E-state index contributed by atoms with van der Waals surface area (Å²) < 4.78 is 58.5. The molecule has 0 bridgehead atoms. The Morgan fingerprint density at radius 2 is 0.733 bits per heavy atom. The van der Waals surface area contributed by atoms with Crippen molar-refractivity contribution in [1.82, 2.24) is 31.5 Å². The lowest BCUT2D eigenvalue weighted by molar-refractivity contribution is -0.270. The molecule has 0 aromatic carbocycles. The fourth-order valence-corrected chi connectivity index (χ4v) is 13.8. The first-order valence-electron chi connectivity index (χ1n) is 41.2. The highest BCUT2D eigenvalue weighted by molar-refractivity contribution is 5.86. The number of rotatable bonds is 62. The van der Waals surface area contributed by atoms with Crippen molar-refractivity contribution in [2.45, 2.75) is 325 Å². The van der Waals surface area contributed by atoms with E-state index in [1.165, 1.54) is 25.7 Å². The zero-order valence-electron chi connectivity index (χ0n) is 68.7. The maximum Gasteiger partial charge on any atom is 0.223 e. The molecule has 0 aromatic rings. The van der Waals surface area contributed by atoms with Gasteiger partial charge in [-0.05, 0) is 104 Å². The zero-order valence-corrected chi connectivity index (χ0v) is 68.7. The van der Waals surface area contributed by atoms with Gasteiger partial charge in [-0.1, -0.05) is 6.42 Å². The third-order valence-electron chi connectivity index (χ3n) is 20.3. The van der Waals surface area contributed by atoms with E-state index in [0.29, 0.717) is 89.9 Å². The van der Waals surface area contributed by atoms with Crippen LogP contribution in [0.4, 0.5) is 0 Å². The molecule has 0 spiro atoms. The Morgan fingerprint density at radius 1 is 0.397 bits per heavy atom. The Bertz CT molecular complexity index is 2700. The van der Waals surface area contributed by atoms with Crippen molar-refractivity contribution < 1.29 is 151 Å². The highest BCUT2D eigenvalue weighted by Crippen LogP contribution is 2.30. The van der Waals surface area contributed by atoms with Gasteiger partial charge in [0.1, 0.15) is 102 Å². The monoisotopic (exact) mass is 1660 g/mol. The van der Waals surface area contributed by atoms with E-state index in [1.54, 1.807) is 0 Å². The second-order valence-corrected chi connectivity index (χ2v) is 31.7. The maximum atomic E-state index is 14.3. The highest BCUT2D eigenvalue weighted by atomic mass is 16.7. The molecule has 668 valence electrons. The third kappa shape index (κ3) is 40.2. The number of amides is 6. The Hall–Kier alpha value is -5.63. The van der Waals surface area contributed by atoms with Crippen LogP contribution < -0.4 is 26.6 Å². The summed E-state index contributed by atoms with van der Waals surface area (Å²) in [6, 6.07) is -3.68. The number of aliphatic hydroxyl groups is 10. The van der Waals surface area contributed by atoms with Gasteiger partial charge in [0.2, 0.25) is 35.4 Å². The molecule has 4 rings (SSSR count). The number of likely N-dealkylation sites (tertiary alicyclic amines) is 1. The van der Waals surface area contributed by atoms with Crippen LogP contribution in [0.5, 0.6) is 0 Å². The SMILES string of the molecule is CC(=O)NC1[C@H](OCCCCC(=O)CCCCCC(=O)CCOCC(COCCC(=O)NCCCCC(=O)CCCCO[C@@H]2OC(CO)[C@H](O)[C@H](O)C2NC(C)=O)(COCCC(=O)NCCCCC(=O)CCCCO[C@@H]2OC(CO)[C@H](O)[C@H](O)C2NC(C)=O)CC(=O)CCC(=O)N2C[C@H](O)C[C@H]2COC(C)(C)C)OC(CO)[C@H](O)[C@@H]1O. The van der Waals surface area contributed by atoms with Gasteiger partial charge in [0, 0.05) is 149 Å². The van der Waals surface area contributed by atoms with Gasteiger partial charge in [-0.3, -0.25) is 52.7 Å². The molecule has 4 aliphatic heterocycles.